The molecule has 3 aromatic heterocycles. The summed E-state index contributed by atoms with van der Waals surface area (Å²) < 4.78 is 41.1. The van der Waals surface area contributed by atoms with Crippen LogP contribution in [-0.4, -0.2) is 85.7 Å². The van der Waals surface area contributed by atoms with Crippen LogP contribution in [0.4, 0.5) is 24.7 Å². The van der Waals surface area contributed by atoms with Crippen LogP contribution in [-0.2, 0) is 23.0 Å². The normalized spacial score (nSPS) is 19.0. The zero-order valence-corrected chi connectivity index (χ0v) is 25.7. The van der Waals surface area contributed by atoms with Crippen LogP contribution in [0.15, 0.2) is 30.7 Å². The molecular weight excluding hydrogens is 605 g/mol. The van der Waals surface area contributed by atoms with Gasteiger partial charge >= 0.3 is 12.1 Å². The number of carbonyl (C=O) groups is 2. The molecule has 15 heteroatoms. The molecule has 2 saturated heterocycles. The molecule has 1 atom stereocenters. The Morgan fingerprint density at radius 2 is 1.76 bits per heavy atom. The molecular formula is C31H37F3N8O4. The largest absolute Gasteiger partial charge is 0.490 e. The second-order valence-electron chi connectivity index (χ2n) is 12.3. The van der Waals surface area contributed by atoms with Gasteiger partial charge in [-0.1, -0.05) is 0 Å². The number of aryl methyl sites for hydroxylation is 2. The van der Waals surface area contributed by atoms with E-state index in [9.17, 15) is 18.0 Å². The molecule has 4 aromatic rings. The molecule has 1 saturated carbocycles. The molecule has 12 nitrogen and oxygen atoms in total. The first kappa shape index (κ1) is 31.7. The molecule has 246 valence electrons. The molecule has 0 spiro atoms. The number of imidazole rings is 1. The maximum absolute atomic E-state index is 13.5. The van der Waals surface area contributed by atoms with Crippen LogP contribution in [0.1, 0.15) is 53.8 Å². The Labute approximate surface area is 262 Å². The zero-order chi connectivity index (χ0) is 32.6. The van der Waals surface area contributed by atoms with Crippen molar-refractivity contribution in [2.45, 2.75) is 63.7 Å². The van der Waals surface area contributed by atoms with Crippen LogP contribution < -0.4 is 15.5 Å². The molecule has 1 aliphatic carbocycles. The highest BCUT2D eigenvalue weighted by Gasteiger charge is 2.38. The minimum Gasteiger partial charge on any atom is -0.475 e. The average Bonchev–Trinajstić information content (AvgIpc) is 3.32. The Morgan fingerprint density at radius 1 is 1.04 bits per heavy atom. The number of carboxylic acid groups (broad SMARTS) is 1. The van der Waals surface area contributed by atoms with E-state index in [1.165, 1.54) is 12.8 Å². The van der Waals surface area contributed by atoms with Gasteiger partial charge in [-0.15, -0.1) is 0 Å². The van der Waals surface area contributed by atoms with E-state index in [-0.39, 0.29) is 5.91 Å². The number of aliphatic carboxylic acids is 1. The molecule has 0 bridgehead atoms. The summed E-state index contributed by atoms with van der Waals surface area (Å²) in [6.45, 7) is 5.56. The number of fused-ring (bicyclic) bond motifs is 2. The van der Waals surface area contributed by atoms with Crippen LogP contribution in [0, 0.1) is 12.8 Å². The van der Waals surface area contributed by atoms with Crippen molar-refractivity contribution in [2.24, 2.45) is 13.0 Å². The van der Waals surface area contributed by atoms with E-state index in [1.54, 1.807) is 4.68 Å². The Kier molecular flexibility index (Phi) is 8.88. The minimum absolute atomic E-state index is 0.212. The Bertz CT molecular complexity index is 1740. The first-order valence-corrected chi connectivity index (χ1v) is 15.5. The van der Waals surface area contributed by atoms with E-state index >= 15 is 0 Å². The number of benzene rings is 1. The number of alkyl halides is 3. The topological polar surface area (TPSA) is 139 Å². The number of amides is 1. The smallest absolute Gasteiger partial charge is 0.475 e. The number of hydrogen-bond donors (Lipinski definition) is 3. The molecule has 1 aromatic carbocycles. The summed E-state index contributed by atoms with van der Waals surface area (Å²) in [6.07, 6.45) is 7.52. The molecule has 3 N–H and O–H groups in total. The summed E-state index contributed by atoms with van der Waals surface area (Å²) in [7, 11) is 1.91. The summed E-state index contributed by atoms with van der Waals surface area (Å²) in [6, 6.07) is 5.33. The van der Waals surface area contributed by atoms with Gasteiger partial charge in [-0.3, -0.25) is 14.5 Å². The highest BCUT2D eigenvalue weighted by atomic mass is 19.4. The first-order chi connectivity index (χ1) is 21.9. The number of carboxylic acids is 1. The van der Waals surface area contributed by atoms with E-state index in [4.69, 9.17) is 24.6 Å². The molecule has 0 radical (unpaired) electrons. The van der Waals surface area contributed by atoms with Crippen molar-refractivity contribution in [3.8, 4) is 0 Å². The summed E-state index contributed by atoms with van der Waals surface area (Å²) in [5.41, 5.74) is 5.06. The van der Waals surface area contributed by atoms with Crippen LogP contribution >= 0.6 is 0 Å². The summed E-state index contributed by atoms with van der Waals surface area (Å²) >= 11 is 0. The van der Waals surface area contributed by atoms with Gasteiger partial charge in [0.05, 0.1) is 23.1 Å². The van der Waals surface area contributed by atoms with Crippen molar-refractivity contribution >= 4 is 39.9 Å². The van der Waals surface area contributed by atoms with Crippen molar-refractivity contribution in [1.82, 2.24) is 29.5 Å². The van der Waals surface area contributed by atoms with Gasteiger partial charge in [-0.25, -0.2) is 9.78 Å². The number of aromatic nitrogens is 5. The number of halogens is 3. The second kappa shape index (κ2) is 12.9. The third kappa shape index (κ3) is 7.25. The van der Waals surface area contributed by atoms with E-state index < -0.39 is 12.1 Å². The van der Waals surface area contributed by atoms with Crippen molar-refractivity contribution < 1.29 is 32.6 Å². The summed E-state index contributed by atoms with van der Waals surface area (Å²) in [5.74, 6) is -2.01. The lowest BCUT2D eigenvalue weighted by atomic mass is 10.0. The van der Waals surface area contributed by atoms with Crippen molar-refractivity contribution in [3.05, 3.63) is 47.7 Å². The predicted molar refractivity (Wildman–Crippen MR) is 164 cm³/mol. The van der Waals surface area contributed by atoms with Gasteiger partial charge in [0.1, 0.15) is 5.52 Å². The lowest BCUT2D eigenvalue weighted by Crippen LogP contribution is -2.43. The number of anilines is 2. The van der Waals surface area contributed by atoms with Crippen LogP contribution in [0.5, 0.6) is 0 Å². The number of ether oxygens (including phenoxy) is 1. The number of nitrogens with one attached hydrogen (secondary N) is 2. The van der Waals surface area contributed by atoms with Crippen LogP contribution in [0.2, 0.25) is 0 Å². The van der Waals surface area contributed by atoms with Gasteiger partial charge in [-0.2, -0.15) is 18.3 Å². The predicted octanol–water partition coefficient (Wildman–Crippen LogP) is 4.11. The number of rotatable bonds is 7. The van der Waals surface area contributed by atoms with Gasteiger partial charge < -0.3 is 29.8 Å². The third-order valence-corrected chi connectivity index (χ3v) is 8.51. The van der Waals surface area contributed by atoms with E-state index in [1.807, 2.05) is 43.0 Å². The zero-order valence-electron chi connectivity index (χ0n) is 25.7. The molecule has 46 heavy (non-hydrogen) atoms. The van der Waals surface area contributed by atoms with Crippen molar-refractivity contribution in [2.75, 3.05) is 36.5 Å². The SMILES string of the molecule is Cc1cn2cc(NC(=O)c3ccc(N4CCC(NC5CC5)CC4)c4cn(C)nc34)nc2c(CC2CCOC2)n1.O=C(O)C(F)(F)F. The van der Waals surface area contributed by atoms with Gasteiger partial charge in [0.2, 0.25) is 0 Å². The van der Waals surface area contributed by atoms with Crippen LogP contribution in [0.3, 0.4) is 0 Å². The number of piperidine rings is 1. The monoisotopic (exact) mass is 642 g/mol. The fourth-order valence-corrected chi connectivity index (χ4v) is 6.13. The van der Waals surface area contributed by atoms with E-state index in [0.29, 0.717) is 28.9 Å². The fourth-order valence-electron chi connectivity index (χ4n) is 6.13. The fraction of sp³-hybridized carbons (Fsp3) is 0.516. The lowest BCUT2D eigenvalue weighted by molar-refractivity contribution is -0.192. The molecule has 5 heterocycles. The molecule has 7 rings (SSSR count). The van der Waals surface area contributed by atoms with Gasteiger partial charge in [0.25, 0.3) is 5.91 Å². The standard InChI is InChI=1S/C29H36N8O2.C2HF3O2/c1-18-14-37-16-26(32-28(37)24(30-18)13-19-9-12-39-17-19)33-29(38)22-5-6-25(23-15-35(2)34-27(22)23)36-10-7-21(8-11-36)31-20-3-4-20;3-2(4,5)1(6)7/h5-6,14-16,19-21,31H,3-4,7-13,17H2,1-2H3,(H,33,38);(H,6,7). The Morgan fingerprint density at radius 3 is 2.41 bits per heavy atom. The van der Waals surface area contributed by atoms with Gasteiger partial charge in [-0.05, 0) is 63.5 Å². The Hall–Kier alpha value is -4.24. The van der Waals surface area contributed by atoms with Crippen molar-refractivity contribution in [3.63, 3.8) is 0 Å². The molecule has 1 unspecified atom stereocenters. The lowest BCUT2D eigenvalue weighted by Gasteiger charge is -2.34. The number of carbonyl (C=O) groups excluding carboxylic acids is 1. The quantitative estimate of drug-likeness (QED) is 0.272. The summed E-state index contributed by atoms with van der Waals surface area (Å²) in [4.78, 5) is 34.4. The second-order valence-corrected chi connectivity index (χ2v) is 12.3. The van der Waals surface area contributed by atoms with E-state index in [0.717, 1.165) is 86.1 Å². The van der Waals surface area contributed by atoms with Crippen LogP contribution in [0.25, 0.3) is 16.6 Å². The molecule has 3 aliphatic rings. The van der Waals surface area contributed by atoms with Gasteiger partial charge in [0, 0.05) is 68.9 Å². The molecule has 3 fully saturated rings. The average molecular weight is 643 g/mol. The maximum atomic E-state index is 13.5. The van der Waals surface area contributed by atoms with Gasteiger partial charge in [0.15, 0.2) is 11.5 Å². The number of nitrogens with zero attached hydrogens (tertiary/aromatic N) is 6. The first-order valence-electron chi connectivity index (χ1n) is 15.5. The van der Waals surface area contributed by atoms with E-state index in [2.05, 4.69) is 26.7 Å². The third-order valence-electron chi connectivity index (χ3n) is 8.51. The van der Waals surface area contributed by atoms with Crippen molar-refractivity contribution in [1.29, 1.82) is 0 Å². The highest BCUT2D eigenvalue weighted by Crippen LogP contribution is 2.32. The molecule has 1 amide bonds. The maximum Gasteiger partial charge on any atom is 0.490 e. The summed E-state index contributed by atoms with van der Waals surface area (Å²) in [5, 5.41) is 19.6. The Balaban J connectivity index is 0.000000480. The minimum atomic E-state index is -5.08. The highest BCUT2D eigenvalue weighted by molar-refractivity contribution is 6.13. The number of hydrogen-bond acceptors (Lipinski definition) is 8. The molecule has 2 aliphatic heterocycles.